The quantitative estimate of drug-likeness (QED) is 0.301. The Morgan fingerprint density at radius 2 is 1.83 bits per heavy atom. The molecule has 0 saturated carbocycles. The van der Waals surface area contributed by atoms with E-state index in [0.29, 0.717) is 0 Å². The fraction of sp³-hybridized carbons (Fsp3) is 0.250. The molecule has 2 bridgehead atoms. The van der Waals surface area contributed by atoms with Crippen molar-refractivity contribution in [3.63, 3.8) is 0 Å². The molecule has 0 nitrogen and oxygen atoms in total. The van der Waals surface area contributed by atoms with E-state index in [0.717, 1.165) is 5.54 Å². The van der Waals surface area contributed by atoms with E-state index in [1.807, 2.05) is 11.3 Å². The zero-order chi connectivity index (χ0) is 15.5. The maximum absolute atomic E-state index is 2.51. The van der Waals surface area contributed by atoms with Crippen LogP contribution in [0.4, 0.5) is 0 Å². The van der Waals surface area contributed by atoms with Crippen molar-refractivity contribution in [1.29, 1.82) is 0 Å². The van der Waals surface area contributed by atoms with Gasteiger partial charge in [0.1, 0.15) is 0 Å². The fourth-order valence-corrected chi connectivity index (χ4v) is 10.6. The van der Waals surface area contributed by atoms with Crippen LogP contribution >= 0.6 is 11.3 Å². The first-order valence-electron chi connectivity index (χ1n) is 7.91. The summed E-state index contributed by atoms with van der Waals surface area (Å²) in [5.41, 5.74) is 5.58. The van der Waals surface area contributed by atoms with Gasteiger partial charge in [-0.1, -0.05) is 31.7 Å². The van der Waals surface area contributed by atoms with Gasteiger partial charge in [0.15, 0.2) is 0 Å². The molecule has 1 aliphatic carbocycles. The van der Waals surface area contributed by atoms with Gasteiger partial charge in [-0.05, 0) is 29.1 Å². The molecule has 3 aromatic rings. The maximum Gasteiger partial charge on any atom is 0.0941 e. The summed E-state index contributed by atoms with van der Waals surface area (Å²) < 4.78 is 0. The predicted molar refractivity (Wildman–Crippen MR) is 101 cm³/mol. The molecule has 0 amide bonds. The minimum absolute atomic E-state index is 0. The minimum Gasteiger partial charge on any atom is -0.165 e. The van der Waals surface area contributed by atoms with E-state index < -0.39 is 8.07 Å². The van der Waals surface area contributed by atoms with E-state index in [1.54, 1.807) is 21.2 Å². The second-order valence-electron chi connectivity index (χ2n) is 7.08. The molecular weight excluding hydrogens is 392 g/mol. The van der Waals surface area contributed by atoms with E-state index >= 15 is 0 Å². The smallest absolute Gasteiger partial charge is 0.0941 e. The van der Waals surface area contributed by atoms with Crippen LogP contribution in [0, 0.1) is 6.92 Å². The van der Waals surface area contributed by atoms with E-state index in [-0.39, 0.29) is 26.2 Å². The summed E-state index contributed by atoms with van der Waals surface area (Å²) in [5.74, 6) is 0. The van der Waals surface area contributed by atoms with Crippen LogP contribution < -0.4 is 0 Å². The first-order chi connectivity index (χ1) is 10.5. The van der Waals surface area contributed by atoms with Crippen LogP contribution in [0.5, 0.6) is 0 Å². The molecule has 0 saturated heterocycles. The Hall–Kier alpha value is -0.630. The van der Waals surface area contributed by atoms with Crippen molar-refractivity contribution in [2.24, 2.45) is 0 Å². The van der Waals surface area contributed by atoms with Crippen molar-refractivity contribution >= 4 is 35.4 Å². The molecule has 23 heavy (non-hydrogen) atoms. The Kier molecular flexibility index (Phi) is 4.50. The first-order valence-corrected chi connectivity index (χ1v) is 11.9. The summed E-state index contributed by atoms with van der Waals surface area (Å²) in [4.78, 5) is 1.63. The van der Waals surface area contributed by atoms with E-state index in [4.69, 9.17) is 0 Å². The van der Waals surface area contributed by atoms with Gasteiger partial charge in [-0.25, -0.2) is 0 Å². The third-order valence-corrected chi connectivity index (χ3v) is 10.4. The molecule has 0 N–H and O–H groups in total. The van der Waals surface area contributed by atoms with Gasteiger partial charge in [0.05, 0.1) is 8.07 Å². The Labute approximate surface area is 162 Å². The van der Waals surface area contributed by atoms with Crippen molar-refractivity contribution in [2.45, 2.75) is 32.5 Å². The molecule has 3 aliphatic rings. The summed E-state index contributed by atoms with van der Waals surface area (Å²) in [7, 11) is -0.972. The molecule has 1 unspecified atom stereocenters. The van der Waals surface area contributed by atoms with Crippen LogP contribution in [0.2, 0.25) is 13.1 Å². The van der Waals surface area contributed by atoms with E-state index in [2.05, 4.69) is 74.8 Å². The minimum atomic E-state index is -0.972. The van der Waals surface area contributed by atoms with Gasteiger partial charge in [-0.3, -0.25) is 0 Å². The Bertz CT molecular complexity index is 864. The van der Waals surface area contributed by atoms with Gasteiger partial charge in [-0.2, -0.15) is 6.07 Å². The molecule has 1 atom stereocenters. The number of rotatable bonds is 0. The van der Waals surface area contributed by atoms with Crippen LogP contribution in [0.3, 0.4) is 0 Å². The van der Waals surface area contributed by atoms with Gasteiger partial charge < -0.3 is 0 Å². The van der Waals surface area contributed by atoms with Crippen molar-refractivity contribution in [1.82, 2.24) is 0 Å². The number of benzene rings is 1. The summed E-state index contributed by atoms with van der Waals surface area (Å²) >= 11 is 1.94. The summed E-state index contributed by atoms with van der Waals surface area (Å²) in [6.45, 7) is 9.46. The topological polar surface area (TPSA) is 0 Å². The zero-order valence-electron chi connectivity index (χ0n) is 14.1. The van der Waals surface area contributed by atoms with Crippen LogP contribution in [-0.4, -0.2) is 8.07 Å². The third kappa shape index (κ3) is 2.52. The number of aryl methyl sites for hydroxylation is 1. The van der Waals surface area contributed by atoms with Crippen LogP contribution in [-0.2, 0) is 26.2 Å². The molecule has 0 spiro atoms. The van der Waals surface area contributed by atoms with Gasteiger partial charge in [0, 0.05) is 36.6 Å². The molecule has 3 heteroatoms. The average Bonchev–Trinajstić information content (AvgIpc) is 3.13. The zero-order valence-corrected chi connectivity index (χ0v) is 18.4. The molecule has 2 aliphatic heterocycles. The second kappa shape index (κ2) is 6.02. The molecule has 6 rings (SSSR count). The molecule has 1 aromatic heterocycles. The fourth-order valence-electron chi connectivity index (χ4n) is 4.41. The van der Waals surface area contributed by atoms with Gasteiger partial charge in [-0.15, -0.1) is 51.9 Å². The largest absolute Gasteiger partial charge is 0.165 e. The molecule has 2 aromatic carbocycles. The Balaban J connectivity index is 0.000000132. The number of thiophene rings is 1. The van der Waals surface area contributed by atoms with Crippen LogP contribution in [0.1, 0.15) is 28.5 Å². The SMILES string of the molecule is CC1=C2c3sccc3C1[Si]2(C)C.Cc1cc2ccccc2[cH-]1.[Zr]. The van der Waals surface area contributed by atoms with Gasteiger partial charge >= 0.3 is 0 Å². The second-order valence-corrected chi connectivity index (χ2v) is 12.5. The Morgan fingerprint density at radius 3 is 2.48 bits per heavy atom. The average molecular weight is 413 g/mol. The molecule has 116 valence electrons. The number of hydrogen-bond acceptors (Lipinski definition) is 1. The van der Waals surface area contributed by atoms with Crippen LogP contribution in [0.15, 0.2) is 53.4 Å². The van der Waals surface area contributed by atoms with Crippen molar-refractivity contribution in [2.75, 3.05) is 0 Å². The van der Waals surface area contributed by atoms with E-state index in [1.165, 1.54) is 16.3 Å². The van der Waals surface area contributed by atoms with Gasteiger partial charge in [0.2, 0.25) is 0 Å². The predicted octanol–water partition coefficient (Wildman–Crippen LogP) is 6.28. The standard InChI is InChI=1S/C10H12SSi.C10H9.Zr/c1-6-9-7-4-5-11-8(7)10(6)12(9,2)3;1-8-6-9-4-2-3-5-10(9)7-8;/h4-5,9H,1-3H3;2-7H,1H3;/q;-1;. The number of allylic oxidation sites excluding steroid dienone is 1. The molecule has 0 fully saturated rings. The molecule has 3 heterocycles. The van der Waals surface area contributed by atoms with E-state index in [9.17, 15) is 0 Å². The number of fused-ring (bicyclic) bond motifs is 1. The van der Waals surface area contributed by atoms with Gasteiger partial charge in [0.25, 0.3) is 0 Å². The summed E-state index contributed by atoms with van der Waals surface area (Å²) in [6.07, 6.45) is 0. The summed E-state index contributed by atoms with van der Waals surface area (Å²) in [5, 5.41) is 6.71. The molecule has 0 radical (unpaired) electrons. The third-order valence-electron chi connectivity index (χ3n) is 5.19. The van der Waals surface area contributed by atoms with Crippen molar-refractivity contribution in [3.05, 3.63) is 69.4 Å². The van der Waals surface area contributed by atoms with Crippen LogP contribution in [0.25, 0.3) is 16.0 Å². The first kappa shape index (κ1) is 17.2. The molecular formula is C20H21SSiZr-. The Morgan fingerprint density at radius 1 is 1.09 bits per heavy atom. The monoisotopic (exact) mass is 411 g/mol. The van der Waals surface area contributed by atoms with Crippen molar-refractivity contribution < 1.29 is 26.2 Å². The summed E-state index contributed by atoms with van der Waals surface area (Å²) in [6, 6.07) is 15.2. The van der Waals surface area contributed by atoms with Crippen molar-refractivity contribution in [3.8, 4) is 0 Å². The maximum atomic E-state index is 2.51. The number of hydrogen-bond donors (Lipinski definition) is 0. The normalized spacial score (nSPS) is 19.6.